The van der Waals surface area contributed by atoms with E-state index in [2.05, 4.69) is 47.6 Å². The van der Waals surface area contributed by atoms with E-state index in [1.165, 1.54) is 24.9 Å². The third kappa shape index (κ3) is 5.08. The minimum absolute atomic E-state index is 0. The molecule has 2 aliphatic heterocycles. The quantitative estimate of drug-likeness (QED) is 0.383. The number of para-hydroxylation sites is 1. The fourth-order valence-electron chi connectivity index (χ4n) is 4.23. The molecule has 150 valence electrons. The van der Waals surface area contributed by atoms with Gasteiger partial charge in [-0.1, -0.05) is 25.1 Å². The summed E-state index contributed by atoms with van der Waals surface area (Å²) in [6.45, 7) is 9.35. The summed E-state index contributed by atoms with van der Waals surface area (Å²) in [6.07, 6.45) is 3.81. The molecule has 27 heavy (non-hydrogen) atoms. The van der Waals surface area contributed by atoms with Crippen LogP contribution in [0.15, 0.2) is 29.3 Å². The van der Waals surface area contributed by atoms with Crippen molar-refractivity contribution in [1.29, 1.82) is 0 Å². The van der Waals surface area contributed by atoms with Crippen LogP contribution in [0.2, 0.25) is 0 Å². The molecular formula is C21H33IN4O. The Morgan fingerprint density at radius 1 is 1.22 bits per heavy atom. The molecule has 0 aromatic heterocycles. The van der Waals surface area contributed by atoms with E-state index in [-0.39, 0.29) is 24.0 Å². The van der Waals surface area contributed by atoms with Crippen LogP contribution in [-0.4, -0.2) is 55.7 Å². The maximum Gasteiger partial charge on any atom is 0.191 e. The Labute approximate surface area is 180 Å². The third-order valence-electron chi connectivity index (χ3n) is 5.92. The van der Waals surface area contributed by atoms with Gasteiger partial charge in [0.1, 0.15) is 5.75 Å². The predicted octanol–water partition coefficient (Wildman–Crippen LogP) is 3.21. The molecular weight excluding hydrogens is 451 g/mol. The van der Waals surface area contributed by atoms with Crippen molar-refractivity contribution in [3.63, 3.8) is 0 Å². The normalized spacial score (nSPS) is 28.1. The second-order valence-electron chi connectivity index (χ2n) is 8.00. The summed E-state index contributed by atoms with van der Waals surface area (Å²) >= 11 is 0. The van der Waals surface area contributed by atoms with Crippen molar-refractivity contribution >= 4 is 29.9 Å². The molecule has 5 nitrogen and oxygen atoms in total. The molecule has 0 bridgehead atoms. The van der Waals surface area contributed by atoms with Gasteiger partial charge in [-0.05, 0) is 43.7 Å². The molecule has 3 aliphatic rings. The Balaban J connectivity index is 0.00000210. The standard InChI is InChI=1S/C21H32N4O.HI/c1-3-22-21(24-19-14-25(13-15(19)2)17-8-9-17)23-12-16-10-11-26-20-7-5-4-6-18(16)20;/h4-7,15-17,19H,3,8-14H2,1-2H3,(H2,22,23,24);1H. The van der Waals surface area contributed by atoms with Crippen LogP contribution in [0.25, 0.3) is 0 Å². The Morgan fingerprint density at radius 2 is 2.04 bits per heavy atom. The summed E-state index contributed by atoms with van der Waals surface area (Å²) in [4.78, 5) is 7.59. The van der Waals surface area contributed by atoms with Crippen LogP contribution in [0.3, 0.4) is 0 Å². The summed E-state index contributed by atoms with van der Waals surface area (Å²) in [6, 6.07) is 9.74. The highest BCUT2D eigenvalue weighted by Gasteiger charge is 2.38. The first kappa shape index (κ1) is 20.7. The molecule has 6 heteroatoms. The Morgan fingerprint density at radius 3 is 2.81 bits per heavy atom. The first-order valence-electron chi connectivity index (χ1n) is 10.2. The first-order chi connectivity index (χ1) is 12.7. The van der Waals surface area contributed by atoms with Crippen LogP contribution < -0.4 is 15.4 Å². The van der Waals surface area contributed by atoms with Gasteiger partial charge in [0.15, 0.2) is 5.96 Å². The average Bonchev–Trinajstić information content (AvgIpc) is 3.44. The third-order valence-corrected chi connectivity index (χ3v) is 5.92. The van der Waals surface area contributed by atoms with Gasteiger partial charge in [-0.15, -0.1) is 24.0 Å². The Kier molecular flexibility index (Phi) is 7.25. The molecule has 0 amide bonds. The van der Waals surface area contributed by atoms with Crippen molar-refractivity contribution in [3.8, 4) is 5.75 Å². The summed E-state index contributed by atoms with van der Waals surface area (Å²) in [5, 5.41) is 7.15. The zero-order valence-corrected chi connectivity index (χ0v) is 18.8. The number of likely N-dealkylation sites (tertiary alicyclic amines) is 1. The van der Waals surface area contributed by atoms with Crippen LogP contribution in [0.5, 0.6) is 5.75 Å². The maximum absolute atomic E-state index is 5.78. The molecule has 0 spiro atoms. The number of benzene rings is 1. The lowest BCUT2D eigenvalue weighted by Gasteiger charge is -2.25. The molecule has 2 fully saturated rings. The number of hydrogen-bond acceptors (Lipinski definition) is 3. The number of rotatable bonds is 5. The number of nitrogens with one attached hydrogen (secondary N) is 2. The zero-order valence-electron chi connectivity index (χ0n) is 16.5. The van der Waals surface area contributed by atoms with Gasteiger partial charge in [0, 0.05) is 44.2 Å². The molecule has 1 saturated carbocycles. The van der Waals surface area contributed by atoms with Gasteiger partial charge in [-0.3, -0.25) is 9.89 Å². The van der Waals surface area contributed by atoms with E-state index >= 15 is 0 Å². The predicted molar refractivity (Wildman–Crippen MR) is 121 cm³/mol. The molecule has 3 atom stereocenters. The second-order valence-corrected chi connectivity index (χ2v) is 8.00. The lowest BCUT2D eigenvalue weighted by Crippen LogP contribution is -2.46. The maximum atomic E-state index is 5.78. The van der Waals surface area contributed by atoms with Gasteiger partial charge in [0.2, 0.25) is 0 Å². The molecule has 2 N–H and O–H groups in total. The van der Waals surface area contributed by atoms with Crippen LogP contribution in [0.1, 0.15) is 44.6 Å². The summed E-state index contributed by atoms with van der Waals surface area (Å²) in [5.41, 5.74) is 1.30. The minimum atomic E-state index is 0. The highest BCUT2D eigenvalue weighted by atomic mass is 127. The van der Waals surface area contributed by atoms with Gasteiger partial charge in [0.05, 0.1) is 6.61 Å². The topological polar surface area (TPSA) is 48.9 Å². The van der Waals surface area contributed by atoms with Crippen molar-refractivity contribution < 1.29 is 4.74 Å². The first-order valence-corrected chi connectivity index (χ1v) is 10.2. The SMILES string of the molecule is CCNC(=NCC1CCOc2ccccc21)NC1CN(C2CC2)CC1C.I. The number of nitrogens with zero attached hydrogens (tertiary/aromatic N) is 2. The largest absolute Gasteiger partial charge is 0.493 e. The molecule has 3 unspecified atom stereocenters. The lowest BCUT2D eigenvalue weighted by atomic mass is 9.93. The van der Waals surface area contributed by atoms with Gasteiger partial charge in [0.25, 0.3) is 0 Å². The van der Waals surface area contributed by atoms with E-state index in [1.807, 2.05) is 6.07 Å². The molecule has 2 heterocycles. The van der Waals surface area contributed by atoms with Crippen molar-refractivity contribution in [2.24, 2.45) is 10.9 Å². The monoisotopic (exact) mass is 484 g/mol. The second kappa shape index (κ2) is 9.45. The van der Waals surface area contributed by atoms with E-state index in [1.54, 1.807) is 0 Å². The Bertz CT molecular complexity index is 649. The molecule has 1 aromatic rings. The fraction of sp³-hybridized carbons (Fsp3) is 0.667. The number of hydrogen-bond donors (Lipinski definition) is 2. The highest BCUT2D eigenvalue weighted by Crippen LogP contribution is 2.34. The fourth-order valence-corrected chi connectivity index (χ4v) is 4.23. The zero-order chi connectivity index (χ0) is 17.9. The van der Waals surface area contributed by atoms with E-state index in [0.29, 0.717) is 17.9 Å². The average molecular weight is 484 g/mol. The van der Waals surface area contributed by atoms with E-state index in [0.717, 1.165) is 50.4 Å². The smallest absolute Gasteiger partial charge is 0.191 e. The number of halogens is 1. The number of aliphatic imine (C=N–C) groups is 1. The molecule has 1 saturated heterocycles. The Hall–Kier alpha value is -1.02. The van der Waals surface area contributed by atoms with E-state index < -0.39 is 0 Å². The van der Waals surface area contributed by atoms with Crippen molar-refractivity contribution in [3.05, 3.63) is 29.8 Å². The molecule has 4 rings (SSSR count). The van der Waals surface area contributed by atoms with Gasteiger partial charge in [-0.2, -0.15) is 0 Å². The van der Waals surface area contributed by atoms with Crippen LogP contribution >= 0.6 is 24.0 Å². The van der Waals surface area contributed by atoms with Crippen LogP contribution in [-0.2, 0) is 0 Å². The number of fused-ring (bicyclic) bond motifs is 1. The minimum Gasteiger partial charge on any atom is -0.493 e. The lowest BCUT2D eigenvalue weighted by molar-refractivity contribution is 0.269. The number of ether oxygens (including phenoxy) is 1. The van der Waals surface area contributed by atoms with Gasteiger partial charge < -0.3 is 15.4 Å². The van der Waals surface area contributed by atoms with Crippen molar-refractivity contribution in [2.45, 2.75) is 51.1 Å². The molecule has 0 radical (unpaired) electrons. The summed E-state index contributed by atoms with van der Waals surface area (Å²) < 4.78 is 5.78. The molecule has 1 aliphatic carbocycles. The van der Waals surface area contributed by atoms with Crippen molar-refractivity contribution in [1.82, 2.24) is 15.5 Å². The van der Waals surface area contributed by atoms with E-state index in [4.69, 9.17) is 9.73 Å². The van der Waals surface area contributed by atoms with Gasteiger partial charge >= 0.3 is 0 Å². The molecule has 1 aromatic carbocycles. The van der Waals surface area contributed by atoms with Crippen molar-refractivity contribution in [2.75, 3.05) is 32.8 Å². The van der Waals surface area contributed by atoms with Gasteiger partial charge in [-0.25, -0.2) is 0 Å². The summed E-state index contributed by atoms with van der Waals surface area (Å²) in [7, 11) is 0. The van der Waals surface area contributed by atoms with E-state index in [9.17, 15) is 0 Å². The summed E-state index contributed by atoms with van der Waals surface area (Å²) in [5.74, 6) is 3.11. The van der Waals surface area contributed by atoms with Crippen LogP contribution in [0, 0.1) is 5.92 Å². The number of guanidine groups is 1. The van der Waals surface area contributed by atoms with Crippen LogP contribution in [0.4, 0.5) is 0 Å². The highest BCUT2D eigenvalue weighted by molar-refractivity contribution is 14.0.